The van der Waals surface area contributed by atoms with Gasteiger partial charge in [-0.05, 0) is 81.1 Å². The molecule has 1 amide bonds. The fraction of sp³-hybridized carbons (Fsp3) is 0.441. The molecule has 2 atom stereocenters. The first-order chi connectivity index (χ1) is 22.0. The number of amides is 1. The molecule has 246 valence electrons. The molecule has 0 saturated carbocycles. The smallest absolute Gasteiger partial charge is 0.223 e. The second-order valence-corrected chi connectivity index (χ2v) is 12.3. The minimum Gasteiger partial charge on any atom is -0.494 e. The van der Waals surface area contributed by atoms with Crippen molar-refractivity contribution in [2.75, 3.05) is 45.7 Å². The molecule has 6 N–H and O–H groups in total. The summed E-state index contributed by atoms with van der Waals surface area (Å²) >= 11 is 0. The Morgan fingerprint density at radius 2 is 2.00 bits per heavy atom. The maximum Gasteiger partial charge on any atom is 0.223 e. The summed E-state index contributed by atoms with van der Waals surface area (Å²) in [4.78, 5) is 32.6. The second-order valence-electron chi connectivity index (χ2n) is 12.3. The van der Waals surface area contributed by atoms with Gasteiger partial charge in [-0.1, -0.05) is 0 Å². The first-order valence-corrected chi connectivity index (χ1v) is 15.7. The molecular formula is C34H44FN7O4. The number of imidazole rings is 1. The van der Waals surface area contributed by atoms with Gasteiger partial charge < -0.3 is 36.4 Å². The van der Waals surface area contributed by atoms with Gasteiger partial charge in [0.2, 0.25) is 5.91 Å². The van der Waals surface area contributed by atoms with Crippen LogP contribution in [0.15, 0.2) is 42.7 Å². The number of carbonyl (C=O) groups is 2. The number of ketones is 1. The number of nitrogens with two attached hydrogens (primary N) is 1. The summed E-state index contributed by atoms with van der Waals surface area (Å²) < 4.78 is 21.9. The van der Waals surface area contributed by atoms with E-state index in [0.717, 1.165) is 28.3 Å². The van der Waals surface area contributed by atoms with Gasteiger partial charge in [0.25, 0.3) is 0 Å². The third-order valence-electron chi connectivity index (χ3n) is 8.95. The van der Waals surface area contributed by atoms with Gasteiger partial charge in [-0.3, -0.25) is 14.2 Å². The van der Waals surface area contributed by atoms with Gasteiger partial charge in [0.15, 0.2) is 29.3 Å². The van der Waals surface area contributed by atoms with Gasteiger partial charge in [-0.15, -0.1) is 0 Å². The molecule has 2 unspecified atom stereocenters. The van der Waals surface area contributed by atoms with E-state index in [2.05, 4.69) is 16.0 Å². The lowest BCUT2D eigenvalue weighted by atomic mass is 9.93. The Kier molecular flexibility index (Phi) is 10.1. The van der Waals surface area contributed by atoms with Crippen LogP contribution in [0.3, 0.4) is 0 Å². The number of nitrogens with zero attached hydrogens (tertiary/aromatic N) is 3. The number of β-amino-alcohol motifs (C(OH)–C–C–N with tert-alkyl or cyclic N) is 1. The number of methoxy groups -OCH3 is 1. The molecule has 46 heavy (non-hydrogen) atoms. The quantitative estimate of drug-likeness (QED) is 0.168. The lowest BCUT2D eigenvalue weighted by Gasteiger charge is -2.37. The summed E-state index contributed by atoms with van der Waals surface area (Å²) in [7, 11) is 3.39. The fourth-order valence-corrected chi connectivity index (χ4v) is 6.05. The van der Waals surface area contributed by atoms with E-state index in [1.807, 2.05) is 60.1 Å². The third kappa shape index (κ3) is 6.93. The van der Waals surface area contributed by atoms with E-state index in [-0.39, 0.29) is 36.1 Å². The Morgan fingerprint density at radius 3 is 2.67 bits per heavy atom. The Balaban J connectivity index is 1.22. The Labute approximate surface area is 269 Å². The third-order valence-corrected chi connectivity index (χ3v) is 8.95. The number of aromatic nitrogens is 2. The standard InChI is InChI=1S/C34H44FN7O4/c1-21-16-24(8-9-25(21)28(43)7-5-6-23(12-13-36)33(44)39-20-34(45)18-37-19-34)40-32-31-38-17-27(42(31)15-14-41(32)3)26-10-11-29(46-4)30(35)22(26)2/h8-11,14-17,23,32,37,40,45H,5-7,12-13,18-20,36H2,1-4H3,(H,39,44). The van der Waals surface area contributed by atoms with Crippen LogP contribution in [0.5, 0.6) is 5.75 Å². The number of carbonyl (C=O) groups excluding carboxylic acids is 2. The predicted octanol–water partition coefficient (Wildman–Crippen LogP) is 3.57. The van der Waals surface area contributed by atoms with Crippen molar-refractivity contribution >= 4 is 23.6 Å². The van der Waals surface area contributed by atoms with Crippen LogP contribution < -0.4 is 26.4 Å². The zero-order valence-electron chi connectivity index (χ0n) is 26.9. The average molecular weight is 634 g/mol. The maximum atomic E-state index is 14.8. The van der Waals surface area contributed by atoms with E-state index < -0.39 is 11.4 Å². The van der Waals surface area contributed by atoms with Crippen LogP contribution >= 0.6 is 0 Å². The van der Waals surface area contributed by atoms with Crippen molar-refractivity contribution in [3.05, 3.63) is 71.1 Å². The predicted molar refractivity (Wildman–Crippen MR) is 176 cm³/mol. The Bertz CT molecular complexity index is 1620. The van der Waals surface area contributed by atoms with Crippen molar-refractivity contribution in [2.45, 2.75) is 51.3 Å². The number of anilines is 1. The van der Waals surface area contributed by atoms with Crippen LogP contribution in [0, 0.1) is 25.6 Å². The van der Waals surface area contributed by atoms with Gasteiger partial charge in [0, 0.05) is 68.2 Å². The van der Waals surface area contributed by atoms with E-state index in [1.165, 1.54) is 7.11 Å². The van der Waals surface area contributed by atoms with E-state index in [1.54, 1.807) is 19.2 Å². The van der Waals surface area contributed by atoms with Crippen molar-refractivity contribution in [3.8, 4) is 17.0 Å². The van der Waals surface area contributed by atoms with Crippen LogP contribution in [0.2, 0.25) is 0 Å². The number of ether oxygens (including phenoxy) is 1. The van der Waals surface area contributed by atoms with E-state index in [0.29, 0.717) is 56.4 Å². The number of fused-ring (bicyclic) bond motifs is 1. The molecule has 0 radical (unpaired) electrons. The zero-order chi connectivity index (χ0) is 33.0. The van der Waals surface area contributed by atoms with Crippen LogP contribution in [-0.4, -0.2) is 77.2 Å². The molecule has 1 aromatic heterocycles. The van der Waals surface area contributed by atoms with Gasteiger partial charge in [-0.2, -0.15) is 0 Å². The Morgan fingerprint density at radius 1 is 1.22 bits per heavy atom. The molecular weight excluding hydrogens is 589 g/mol. The van der Waals surface area contributed by atoms with Gasteiger partial charge in [0.05, 0.1) is 19.0 Å². The minimum atomic E-state index is -0.888. The molecule has 2 aromatic carbocycles. The highest BCUT2D eigenvalue weighted by Crippen LogP contribution is 2.35. The van der Waals surface area contributed by atoms with E-state index >= 15 is 0 Å². The molecule has 0 bridgehead atoms. The highest BCUT2D eigenvalue weighted by atomic mass is 19.1. The van der Waals surface area contributed by atoms with E-state index in [9.17, 15) is 19.1 Å². The van der Waals surface area contributed by atoms with Crippen molar-refractivity contribution in [3.63, 3.8) is 0 Å². The van der Waals surface area contributed by atoms with Crippen molar-refractivity contribution in [1.82, 2.24) is 25.1 Å². The summed E-state index contributed by atoms with van der Waals surface area (Å²) in [5, 5.41) is 19.6. The van der Waals surface area contributed by atoms with Gasteiger partial charge in [0.1, 0.15) is 5.60 Å². The molecule has 1 saturated heterocycles. The summed E-state index contributed by atoms with van der Waals surface area (Å²) in [6.45, 7) is 5.14. The molecule has 11 nitrogen and oxygen atoms in total. The Hall–Kier alpha value is -4.26. The van der Waals surface area contributed by atoms with Crippen molar-refractivity contribution in [1.29, 1.82) is 0 Å². The van der Waals surface area contributed by atoms with Crippen LogP contribution in [-0.2, 0) is 4.79 Å². The normalized spacial score (nSPS) is 17.2. The lowest BCUT2D eigenvalue weighted by Crippen LogP contribution is -2.64. The largest absolute Gasteiger partial charge is 0.494 e. The highest BCUT2D eigenvalue weighted by Gasteiger charge is 2.35. The molecule has 3 aromatic rings. The molecule has 2 aliphatic heterocycles. The number of aliphatic hydroxyl groups is 1. The van der Waals surface area contributed by atoms with Crippen LogP contribution in [0.25, 0.3) is 17.5 Å². The molecule has 2 aliphatic rings. The van der Waals surface area contributed by atoms with Gasteiger partial charge in [-0.25, -0.2) is 9.37 Å². The lowest BCUT2D eigenvalue weighted by molar-refractivity contribution is -0.127. The topological polar surface area (TPSA) is 147 Å². The summed E-state index contributed by atoms with van der Waals surface area (Å²) in [5.74, 6) is 0.124. The average Bonchev–Trinajstić information content (AvgIpc) is 3.45. The number of Topliss-reactive ketones (excluding diaryl/α,β-unsaturated/α-hetero) is 1. The number of halogens is 1. The molecule has 0 spiro atoms. The monoisotopic (exact) mass is 633 g/mol. The number of benzene rings is 2. The molecule has 12 heteroatoms. The van der Waals surface area contributed by atoms with Gasteiger partial charge >= 0.3 is 0 Å². The summed E-state index contributed by atoms with van der Waals surface area (Å²) in [6.07, 6.45) is 7.21. The molecule has 1 fully saturated rings. The van der Waals surface area contributed by atoms with Crippen LogP contribution in [0.1, 0.15) is 59.2 Å². The summed E-state index contributed by atoms with van der Waals surface area (Å²) in [6, 6.07) is 9.11. The SMILES string of the molecule is COc1ccc(-c2cnc3n2C=CN(C)C3Nc2ccc(C(=O)CCCC(CCN)C(=O)NCC3(O)CNC3)c(C)c2)c(C)c1F. The number of hydrogen-bond acceptors (Lipinski definition) is 9. The molecule has 5 rings (SSSR count). The zero-order valence-corrected chi connectivity index (χ0v) is 26.9. The maximum absolute atomic E-state index is 14.8. The number of aryl methyl sites for hydroxylation is 1. The van der Waals surface area contributed by atoms with E-state index in [4.69, 9.17) is 15.5 Å². The summed E-state index contributed by atoms with van der Waals surface area (Å²) in [5.41, 5.74) is 9.15. The van der Waals surface area contributed by atoms with Crippen molar-refractivity contribution < 1.29 is 23.8 Å². The first-order valence-electron chi connectivity index (χ1n) is 15.7. The molecule has 0 aliphatic carbocycles. The number of hydrogen-bond donors (Lipinski definition) is 5. The fourth-order valence-electron chi connectivity index (χ4n) is 6.05. The number of rotatable bonds is 14. The number of nitrogens with one attached hydrogen (secondary N) is 3. The molecule has 3 heterocycles. The highest BCUT2D eigenvalue weighted by molar-refractivity contribution is 5.97. The van der Waals surface area contributed by atoms with Crippen LogP contribution in [0.4, 0.5) is 10.1 Å². The first kappa shape index (κ1) is 33.1. The second kappa shape index (κ2) is 14.0. The van der Waals surface area contributed by atoms with Crippen molar-refractivity contribution in [2.24, 2.45) is 11.7 Å². The minimum absolute atomic E-state index is 0.0193.